The summed E-state index contributed by atoms with van der Waals surface area (Å²) < 4.78 is 17.7. The number of rotatable bonds is 10. The number of fused-ring (bicyclic) bond motifs is 1. The van der Waals surface area contributed by atoms with Gasteiger partial charge in [0.15, 0.2) is 22.8 Å². The summed E-state index contributed by atoms with van der Waals surface area (Å²) in [5.41, 5.74) is 0.570. The molecule has 35 heavy (non-hydrogen) atoms. The Morgan fingerprint density at radius 1 is 1.06 bits per heavy atom. The molecular formula is C26H28N2O6S. The zero-order valence-electron chi connectivity index (χ0n) is 19.9. The van der Waals surface area contributed by atoms with Crippen LogP contribution in [0.3, 0.4) is 0 Å². The predicted molar refractivity (Wildman–Crippen MR) is 133 cm³/mol. The van der Waals surface area contributed by atoms with E-state index in [0.717, 1.165) is 31.4 Å². The largest absolute Gasteiger partial charge is 0.493 e. The number of methoxy groups -OCH3 is 2. The topological polar surface area (TPSA) is 99.9 Å². The minimum atomic E-state index is -1.13. The molecule has 0 bridgehead atoms. The van der Waals surface area contributed by atoms with Gasteiger partial charge in [0.25, 0.3) is 5.56 Å². The van der Waals surface area contributed by atoms with Crippen LogP contribution < -0.4 is 15.0 Å². The first-order valence-corrected chi connectivity index (χ1v) is 12.5. The number of aromatic hydroxyl groups is 1. The molecule has 0 amide bonds. The van der Waals surface area contributed by atoms with Crippen LogP contribution >= 0.6 is 11.8 Å². The molecule has 184 valence electrons. The van der Waals surface area contributed by atoms with Gasteiger partial charge in [-0.2, -0.15) is 4.98 Å². The van der Waals surface area contributed by atoms with Crippen LogP contribution in [-0.2, 0) is 4.74 Å². The Balaban J connectivity index is 1.82. The molecule has 1 aliphatic heterocycles. The van der Waals surface area contributed by atoms with Crippen LogP contribution in [0.1, 0.15) is 60.2 Å². The zero-order valence-corrected chi connectivity index (χ0v) is 20.8. The summed E-state index contributed by atoms with van der Waals surface area (Å²) in [4.78, 5) is 31.0. The van der Waals surface area contributed by atoms with Crippen molar-refractivity contribution in [3.05, 3.63) is 69.5 Å². The van der Waals surface area contributed by atoms with Gasteiger partial charge in [0, 0.05) is 11.3 Å². The van der Waals surface area contributed by atoms with Crippen molar-refractivity contribution in [2.45, 2.75) is 43.9 Å². The van der Waals surface area contributed by atoms with Crippen molar-refractivity contribution in [2.24, 2.45) is 0 Å². The summed E-state index contributed by atoms with van der Waals surface area (Å²) >= 11 is 1.42. The van der Waals surface area contributed by atoms with Gasteiger partial charge in [-0.25, -0.2) is 4.79 Å². The summed E-state index contributed by atoms with van der Waals surface area (Å²) in [6.07, 6.45) is 3.20. The molecule has 1 aliphatic rings. The molecule has 0 saturated heterocycles. The fraction of sp³-hybridized carbons (Fsp3) is 0.346. The second kappa shape index (κ2) is 10.9. The third-order valence-corrected chi connectivity index (χ3v) is 6.89. The third kappa shape index (κ3) is 4.73. The molecule has 0 spiro atoms. The summed E-state index contributed by atoms with van der Waals surface area (Å²) in [5, 5.41) is 11.3. The highest BCUT2D eigenvalue weighted by atomic mass is 32.2. The molecule has 9 heteroatoms. The van der Waals surface area contributed by atoms with Crippen LogP contribution in [0.2, 0.25) is 0 Å². The average molecular weight is 497 g/mol. The quantitative estimate of drug-likeness (QED) is 0.183. The van der Waals surface area contributed by atoms with E-state index >= 15 is 0 Å². The van der Waals surface area contributed by atoms with E-state index in [-0.39, 0.29) is 16.9 Å². The number of benzene rings is 2. The molecular weight excluding hydrogens is 468 g/mol. The summed E-state index contributed by atoms with van der Waals surface area (Å²) in [5.74, 6) is 0.213. The van der Waals surface area contributed by atoms with Crippen LogP contribution in [0.5, 0.6) is 17.4 Å². The van der Waals surface area contributed by atoms with Gasteiger partial charge in [-0.15, -0.1) is 0 Å². The van der Waals surface area contributed by atoms with E-state index in [0.29, 0.717) is 22.2 Å². The van der Waals surface area contributed by atoms with Gasteiger partial charge in [0.1, 0.15) is 11.1 Å². The van der Waals surface area contributed by atoms with Crippen molar-refractivity contribution < 1.29 is 24.1 Å². The number of carbonyl (C=O) groups is 1. The average Bonchev–Trinajstić information content (AvgIpc) is 3.19. The molecule has 2 aromatic carbocycles. The van der Waals surface area contributed by atoms with Gasteiger partial charge in [-0.05, 0) is 24.6 Å². The molecule has 8 nitrogen and oxygen atoms in total. The number of nitrogens with zero attached hydrogens (tertiary/aromatic N) is 2. The van der Waals surface area contributed by atoms with Crippen molar-refractivity contribution in [1.82, 2.24) is 9.55 Å². The molecule has 0 saturated carbocycles. The maximum absolute atomic E-state index is 13.8. The molecule has 2 heterocycles. The summed E-state index contributed by atoms with van der Waals surface area (Å²) in [7, 11) is 2.89. The number of unbranched alkanes of at least 4 members (excludes halogenated alkanes) is 3. The number of para-hydroxylation sites is 1. The smallest absolute Gasteiger partial charge is 0.343 e. The van der Waals surface area contributed by atoms with Crippen LogP contribution in [0.25, 0.3) is 5.69 Å². The summed E-state index contributed by atoms with van der Waals surface area (Å²) in [6.45, 7) is 2.15. The Labute approximate surface area is 207 Å². The number of hydrogen-bond donors (Lipinski definition) is 1. The van der Waals surface area contributed by atoms with Gasteiger partial charge in [0.2, 0.25) is 5.88 Å². The third-order valence-electron chi connectivity index (χ3n) is 5.86. The molecule has 4 rings (SSSR count). The maximum Gasteiger partial charge on any atom is 0.343 e. The zero-order chi connectivity index (χ0) is 24.9. The molecule has 0 fully saturated rings. The standard InChI is InChI=1S/C26H28N2O6S/c1-4-5-6-10-15-35-26-27-23(29)20(24(30)28(26)16-11-8-7-9-12-16)21-17-13-14-18(32-2)22(33-3)19(17)25(31)34-21/h7-9,11-14,21,29H,4-6,10,15H2,1-3H3/t21-/m0/s1. The molecule has 1 aromatic heterocycles. The number of cyclic esters (lactones) is 1. The molecule has 3 aromatic rings. The number of ether oxygens (including phenoxy) is 3. The minimum Gasteiger partial charge on any atom is -0.493 e. The fourth-order valence-electron chi connectivity index (χ4n) is 4.14. The van der Waals surface area contributed by atoms with Crippen LogP contribution in [-0.4, -0.2) is 40.6 Å². The van der Waals surface area contributed by atoms with Gasteiger partial charge in [0.05, 0.1) is 19.9 Å². The fourth-order valence-corrected chi connectivity index (χ4v) is 5.14. The Morgan fingerprint density at radius 3 is 2.51 bits per heavy atom. The van der Waals surface area contributed by atoms with Gasteiger partial charge < -0.3 is 19.3 Å². The second-order valence-corrected chi connectivity index (χ2v) is 9.13. The van der Waals surface area contributed by atoms with Crippen LogP contribution in [0.15, 0.2) is 52.4 Å². The molecule has 1 N–H and O–H groups in total. The normalized spacial score (nSPS) is 14.5. The Bertz CT molecular complexity index is 1280. The summed E-state index contributed by atoms with van der Waals surface area (Å²) in [6, 6.07) is 12.4. The highest BCUT2D eigenvalue weighted by Gasteiger charge is 2.40. The van der Waals surface area contributed by atoms with Crippen molar-refractivity contribution >= 4 is 17.7 Å². The first kappa shape index (κ1) is 24.7. The number of esters is 1. The van der Waals surface area contributed by atoms with E-state index in [9.17, 15) is 14.7 Å². The number of carbonyl (C=O) groups excluding carboxylic acids is 1. The molecule has 0 unspecified atom stereocenters. The van der Waals surface area contributed by atoms with Gasteiger partial charge >= 0.3 is 5.97 Å². The lowest BCUT2D eigenvalue weighted by molar-refractivity contribution is 0.0447. The molecule has 0 aliphatic carbocycles. The lowest BCUT2D eigenvalue weighted by Gasteiger charge is -2.17. The highest BCUT2D eigenvalue weighted by Crippen LogP contribution is 2.45. The molecule has 0 radical (unpaired) electrons. The Hall–Kier alpha value is -3.46. The first-order valence-electron chi connectivity index (χ1n) is 11.5. The predicted octanol–water partition coefficient (Wildman–Crippen LogP) is 4.89. The number of hydrogen-bond acceptors (Lipinski definition) is 8. The van der Waals surface area contributed by atoms with Gasteiger partial charge in [-0.1, -0.05) is 62.2 Å². The second-order valence-electron chi connectivity index (χ2n) is 8.07. The maximum atomic E-state index is 13.8. The van der Waals surface area contributed by atoms with E-state index < -0.39 is 23.5 Å². The Morgan fingerprint density at radius 2 is 1.83 bits per heavy atom. The Kier molecular flexibility index (Phi) is 7.65. The van der Waals surface area contributed by atoms with Crippen molar-refractivity contribution in [3.8, 4) is 23.1 Å². The minimum absolute atomic E-state index is 0.108. The van der Waals surface area contributed by atoms with Crippen molar-refractivity contribution in [2.75, 3.05) is 20.0 Å². The monoisotopic (exact) mass is 496 g/mol. The van der Waals surface area contributed by atoms with E-state index in [1.807, 2.05) is 18.2 Å². The van der Waals surface area contributed by atoms with Gasteiger partial charge in [-0.3, -0.25) is 9.36 Å². The lowest BCUT2D eigenvalue weighted by Crippen LogP contribution is -2.27. The first-order chi connectivity index (χ1) is 17.0. The SMILES string of the molecule is CCCCCCSc1nc(O)c([C@H]2OC(=O)c3c2ccc(OC)c3OC)c(=O)n1-c1ccccc1. The molecule has 1 atom stereocenters. The van der Waals surface area contributed by atoms with E-state index in [1.54, 1.807) is 24.3 Å². The van der Waals surface area contributed by atoms with Crippen molar-refractivity contribution in [3.63, 3.8) is 0 Å². The number of thioether (sulfide) groups is 1. The van der Waals surface area contributed by atoms with E-state index in [2.05, 4.69) is 11.9 Å². The van der Waals surface area contributed by atoms with E-state index in [4.69, 9.17) is 14.2 Å². The highest BCUT2D eigenvalue weighted by molar-refractivity contribution is 7.99. The number of aromatic nitrogens is 2. The van der Waals surface area contributed by atoms with Crippen LogP contribution in [0.4, 0.5) is 0 Å². The van der Waals surface area contributed by atoms with Crippen LogP contribution in [0, 0.1) is 0 Å². The van der Waals surface area contributed by atoms with E-state index in [1.165, 1.54) is 30.5 Å². The van der Waals surface area contributed by atoms with Crippen molar-refractivity contribution in [1.29, 1.82) is 0 Å². The lowest BCUT2D eigenvalue weighted by atomic mass is 9.99.